The topological polar surface area (TPSA) is 56.5 Å². The van der Waals surface area contributed by atoms with Crippen molar-refractivity contribution in [1.82, 2.24) is 0 Å². The minimum absolute atomic E-state index is 0.0734. The van der Waals surface area contributed by atoms with E-state index in [1.165, 1.54) is 6.07 Å². The van der Waals surface area contributed by atoms with Crippen LogP contribution in [0.4, 0.5) is 21.5 Å². The first-order valence-electron chi connectivity index (χ1n) is 5.68. The lowest BCUT2D eigenvalue weighted by Gasteiger charge is -2.12. The number of nitrogens with two attached hydrogens (primary N) is 1. The molecule has 3 N–H and O–H groups in total. The minimum Gasteiger partial charge on any atom is -0.497 e. The molecule has 0 saturated heterocycles. The highest BCUT2D eigenvalue weighted by molar-refractivity contribution is 5.74. The molecule has 0 atom stereocenters. The number of halogens is 1. The van der Waals surface area contributed by atoms with Gasteiger partial charge in [-0.05, 0) is 12.1 Å². The summed E-state index contributed by atoms with van der Waals surface area (Å²) in [6.45, 7) is 0. The Labute approximate surface area is 111 Å². The maximum atomic E-state index is 13.4. The van der Waals surface area contributed by atoms with Crippen LogP contribution in [-0.2, 0) is 0 Å². The molecule has 0 aliphatic heterocycles. The van der Waals surface area contributed by atoms with Crippen molar-refractivity contribution < 1.29 is 13.9 Å². The summed E-state index contributed by atoms with van der Waals surface area (Å²) >= 11 is 0. The number of para-hydroxylation sites is 1. The van der Waals surface area contributed by atoms with Gasteiger partial charge in [0, 0.05) is 23.9 Å². The first kappa shape index (κ1) is 13.0. The zero-order valence-corrected chi connectivity index (χ0v) is 10.7. The van der Waals surface area contributed by atoms with E-state index < -0.39 is 5.82 Å². The van der Waals surface area contributed by atoms with Crippen LogP contribution in [0.1, 0.15) is 0 Å². The molecule has 0 heterocycles. The first-order valence-corrected chi connectivity index (χ1v) is 5.68. The van der Waals surface area contributed by atoms with Crippen LogP contribution < -0.4 is 20.5 Å². The van der Waals surface area contributed by atoms with Crippen LogP contribution in [0.25, 0.3) is 0 Å². The molecule has 5 heteroatoms. The highest BCUT2D eigenvalue weighted by Gasteiger charge is 2.06. The van der Waals surface area contributed by atoms with Crippen molar-refractivity contribution in [3.63, 3.8) is 0 Å². The average Bonchev–Trinajstić information content (AvgIpc) is 2.43. The van der Waals surface area contributed by atoms with Crippen molar-refractivity contribution >= 4 is 17.1 Å². The molecule has 0 amide bonds. The molecule has 0 aliphatic carbocycles. The molecule has 2 aromatic carbocycles. The largest absolute Gasteiger partial charge is 0.497 e. The van der Waals surface area contributed by atoms with E-state index in [9.17, 15) is 4.39 Å². The molecule has 0 fully saturated rings. The Morgan fingerprint density at radius 1 is 1.05 bits per heavy atom. The van der Waals surface area contributed by atoms with E-state index in [2.05, 4.69) is 5.32 Å². The second-order valence-electron chi connectivity index (χ2n) is 3.93. The summed E-state index contributed by atoms with van der Waals surface area (Å²) < 4.78 is 23.7. The van der Waals surface area contributed by atoms with Crippen LogP contribution >= 0.6 is 0 Å². The number of rotatable bonds is 4. The van der Waals surface area contributed by atoms with Crippen LogP contribution in [0.15, 0.2) is 36.4 Å². The number of methoxy groups -OCH3 is 2. The van der Waals surface area contributed by atoms with E-state index in [0.717, 1.165) is 0 Å². The molecule has 0 radical (unpaired) electrons. The van der Waals surface area contributed by atoms with E-state index in [-0.39, 0.29) is 5.69 Å². The predicted molar refractivity (Wildman–Crippen MR) is 73.6 cm³/mol. The van der Waals surface area contributed by atoms with Crippen molar-refractivity contribution in [2.75, 3.05) is 25.3 Å². The highest BCUT2D eigenvalue weighted by atomic mass is 19.1. The lowest BCUT2D eigenvalue weighted by Crippen LogP contribution is -1.99. The van der Waals surface area contributed by atoms with Crippen LogP contribution in [0.2, 0.25) is 0 Å². The number of nitrogens with one attached hydrogen (secondary N) is 1. The third-order valence-electron chi connectivity index (χ3n) is 2.68. The number of hydrogen-bond donors (Lipinski definition) is 2. The van der Waals surface area contributed by atoms with E-state index in [0.29, 0.717) is 22.9 Å². The number of hydrogen-bond acceptors (Lipinski definition) is 4. The third kappa shape index (κ3) is 2.88. The number of benzene rings is 2. The summed E-state index contributed by atoms with van der Waals surface area (Å²) in [5.74, 6) is 0.813. The molecule has 19 heavy (non-hydrogen) atoms. The average molecular weight is 262 g/mol. The van der Waals surface area contributed by atoms with Crippen molar-refractivity contribution in [2.45, 2.75) is 0 Å². The van der Waals surface area contributed by atoms with Gasteiger partial charge in [-0.1, -0.05) is 6.07 Å². The van der Waals surface area contributed by atoms with Crippen LogP contribution in [0.3, 0.4) is 0 Å². The molecule has 0 aromatic heterocycles. The number of ether oxygens (including phenoxy) is 2. The number of nitrogen functional groups attached to an aromatic ring is 1. The van der Waals surface area contributed by atoms with Gasteiger partial charge in [0.25, 0.3) is 0 Å². The molecule has 2 rings (SSSR count). The maximum absolute atomic E-state index is 13.4. The first-order chi connectivity index (χ1) is 9.13. The Morgan fingerprint density at radius 2 is 1.68 bits per heavy atom. The molecule has 0 unspecified atom stereocenters. The number of anilines is 3. The molecule has 0 bridgehead atoms. The molecule has 0 saturated carbocycles. The molecule has 100 valence electrons. The zero-order chi connectivity index (χ0) is 13.8. The third-order valence-corrected chi connectivity index (χ3v) is 2.68. The lowest BCUT2D eigenvalue weighted by molar-refractivity contribution is 0.395. The smallest absolute Gasteiger partial charge is 0.148 e. The Balaban J connectivity index is 2.34. The zero-order valence-electron chi connectivity index (χ0n) is 10.7. The van der Waals surface area contributed by atoms with E-state index in [1.807, 2.05) is 0 Å². The van der Waals surface area contributed by atoms with Crippen LogP contribution in [0.5, 0.6) is 11.5 Å². The van der Waals surface area contributed by atoms with Gasteiger partial charge < -0.3 is 20.5 Å². The normalized spacial score (nSPS) is 10.1. The quantitative estimate of drug-likeness (QED) is 0.831. The highest BCUT2D eigenvalue weighted by Crippen LogP contribution is 2.30. The standard InChI is InChI=1S/C14H15FN2O2/c1-18-10-6-9(7-11(8-10)19-2)17-13-5-3-4-12(15)14(13)16/h3-8,17H,16H2,1-2H3. The summed E-state index contributed by atoms with van der Waals surface area (Å²) in [5.41, 5.74) is 6.94. The molecular formula is C14H15FN2O2. The SMILES string of the molecule is COc1cc(Nc2cccc(F)c2N)cc(OC)c1. The summed E-state index contributed by atoms with van der Waals surface area (Å²) in [4.78, 5) is 0. The predicted octanol–water partition coefficient (Wildman–Crippen LogP) is 3.17. The molecule has 2 aromatic rings. The van der Waals surface area contributed by atoms with Crippen LogP contribution in [0, 0.1) is 5.82 Å². The van der Waals surface area contributed by atoms with E-state index in [4.69, 9.17) is 15.2 Å². The van der Waals surface area contributed by atoms with Gasteiger partial charge in [-0.3, -0.25) is 0 Å². The summed E-state index contributed by atoms with van der Waals surface area (Å²) in [6.07, 6.45) is 0. The Hall–Kier alpha value is -2.43. The van der Waals surface area contributed by atoms with Crippen molar-refractivity contribution in [1.29, 1.82) is 0 Å². The van der Waals surface area contributed by atoms with Crippen molar-refractivity contribution in [2.24, 2.45) is 0 Å². The van der Waals surface area contributed by atoms with Gasteiger partial charge in [0.2, 0.25) is 0 Å². The Morgan fingerprint density at radius 3 is 2.26 bits per heavy atom. The second kappa shape index (κ2) is 5.48. The van der Waals surface area contributed by atoms with Gasteiger partial charge in [0.15, 0.2) is 0 Å². The van der Waals surface area contributed by atoms with Gasteiger partial charge in [-0.25, -0.2) is 4.39 Å². The van der Waals surface area contributed by atoms with Gasteiger partial charge in [0.1, 0.15) is 17.3 Å². The molecule has 0 spiro atoms. The second-order valence-corrected chi connectivity index (χ2v) is 3.93. The monoisotopic (exact) mass is 262 g/mol. The maximum Gasteiger partial charge on any atom is 0.148 e. The van der Waals surface area contributed by atoms with Gasteiger partial charge in [0.05, 0.1) is 25.6 Å². The van der Waals surface area contributed by atoms with Gasteiger partial charge >= 0.3 is 0 Å². The summed E-state index contributed by atoms with van der Waals surface area (Å²) in [6, 6.07) is 9.89. The van der Waals surface area contributed by atoms with E-state index >= 15 is 0 Å². The van der Waals surface area contributed by atoms with Crippen molar-refractivity contribution in [3.05, 3.63) is 42.2 Å². The van der Waals surface area contributed by atoms with Crippen molar-refractivity contribution in [3.8, 4) is 11.5 Å². The summed E-state index contributed by atoms with van der Waals surface area (Å²) in [7, 11) is 3.13. The Kier molecular flexibility index (Phi) is 3.75. The fourth-order valence-electron chi connectivity index (χ4n) is 1.68. The Bertz CT molecular complexity index is 565. The molecule has 4 nitrogen and oxygen atoms in total. The van der Waals surface area contributed by atoms with E-state index in [1.54, 1.807) is 44.6 Å². The van der Waals surface area contributed by atoms with Gasteiger partial charge in [-0.2, -0.15) is 0 Å². The van der Waals surface area contributed by atoms with Crippen LogP contribution in [-0.4, -0.2) is 14.2 Å². The fraction of sp³-hybridized carbons (Fsp3) is 0.143. The van der Waals surface area contributed by atoms with Gasteiger partial charge in [-0.15, -0.1) is 0 Å². The lowest BCUT2D eigenvalue weighted by atomic mass is 10.2. The minimum atomic E-state index is -0.458. The molecular weight excluding hydrogens is 247 g/mol. The fourth-order valence-corrected chi connectivity index (χ4v) is 1.68. The summed E-state index contributed by atoms with van der Waals surface area (Å²) in [5, 5.41) is 3.04. The molecule has 0 aliphatic rings.